The summed E-state index contributed by atoms with van der Waals surface area (Å²) in [5.41, 5.74) is 2.37. The summed E-state index contributed by atoms with van der Waals surface area (Å²) in [4.78, 5) is 0. The average Bonchev–Trinajstić information content (AvgIpc) is 2.53. The van der Waals surface area contributed by atoms with E-state index in [9.17, 15) is 0 Å². The lowest BCUT2D eigenvalue weighted by Crippen LogP contribution is -2.37. The minimum absolute atomic E-state index is 0.147. The van der Waals surface area contributed by atoms with Crippen molar-refractivity contribution < 1.29 is 4.74 Å². The van der Waals surface area contributed by atoms with Crippen LogP contribution in [0.4, 0.5) is 0 Å². The molecule has 0 radical (unpaired) electrons. The molecule has 0 saturated heterocycles. The minimum atomic E-state index is 0.147. The molecule has 118 valence electrons. The SMILES string of the molecule is CCC(C)(C)NCc1cccc(OCc2ccccc2Cl)c1. The van der Waals surface area contributed by atoms with Gasteiger partial charge in [0, 0.05) is 22.7 Å². The van der Waals surface area contributed by atoms with Crippen molar-refractivity contribution >= 4 is 11.6 Å². The van der Waals surface area contributed by atoms with Crippen LogP contribution in [-0.2, 0) is 13.2 Å². The first-order valence-corrected chi connectivity index (χ1v) is 8.08. The molecule has 0 spiro atoms. The smallest absolute Gasteiger partial charge is 0.120 e. The van der Waals surface area contributed by atoms with Crippen LogP contribution in [0.25, 0.3) is 0 Å². The van der Waals surface area contributed by atoms with Gasteiger partial charge in [0.1, 0.15) is 12.4 Å². The fourth-order valence-corrected chi connectivity index (χ4v) is 2.18. The predicted molar refractivity (Wildman–Crippen MR) is 93.4 cm³/mol. The summed E-state index contributed by atoms with van der Waals surface area (Å²) < 4.78 is 5.86. The fourth-order valence-electron chi connectivity index (χ4n) is 1.99. The summed E-state index contributed by atoms with van der Waals surface area (Å²) in [6.07, 6.45) is 1.09. The van der Waals surface area contributed by atoms with Gasteiger partial charge in [0.05, 0.1) is 0 Å². The quantitative estimate of drug-likeness (QED) is 0.758. The first-order chi connectivity index (χ1) is 10.5. The summed E-state index contributed by atoms with van der Waals surface area (Å²) in [6, 6.07) is 16.0. The Balaban J connectivity index is 1.95. The molecular formula is C19H24ClNO. The maximum absolute atomic E-state index is 6.15. The van der Waals surface area contributed by atoms with Crippen molar-refractivity contribution in [2.24, 2.45) is 0 Å². The Hall–Kier alpha value is -1.51. The van der Waals surface area contributed by atoms with Gasteiger partial charge in [-0.05, 0) is 44.0 Å². The average molecular weight is 318 g/mol. The fraction of sp³-hybridized carbons (Fsp3) is 0.368. The van der Waals surface area contributed by atoms with Gasteiger partial charge in [-0.25, -0.2) is 0 Å². The van der Waals surface area contributed by atoms with Crippen LogP contribution >= 0.6 is 11.6 Å². The van der Waals surface area contributed by atoms with Gasteiger partial charge in [-0.3, -0.25) is 0 Å². The summed E-state index contributed by atoms with van der Waals surface area (Å²) >= 11 is 6.15. The zero-order valence-electron chi connectivity index (χ0n) is 13.5. The van der Waals surface area contributed by atoms with Crippen molar-refractivity contribution in [1.82, 2.24) is 5.32 Å². The lowest BCUT2D eigenvalue weighted by atomic mass is 10.0. The number of nitrogens with one attached hydrogen (secondary N) is 1. The Kier molecular flexibility index (Phi) is 5.87. The van der Waals surface area contributed by atoms with Crippen molar-refractivity contribution in [3.8, 4) is 5.75 Å². The van der Waals surface area contributed by atoms with E-state index < -0.39 is 0 Å². The van der Waals surface area contributed by atoms with Gasteiger partial charge < -0.3 is 10.1 Å². The standard InChI is InChI=1S/C19H24ClNO/c1-4-19(2,3)21-13-15-8-7-10-17(12-15)22-14-16-9-5-6-11-18(16)20/h5-12,21H,4,13-14H2,1-3H3. The number of halogens is 1. The molecule has 0 amide bonds. The van der Waals surface area contributed by atoms with Crippen molar-refractivity contribution in [3.05, 3.63) is 64.7 Å². The van der Waals surface area contributed by atoms with Gasteiger partial charge >= 0.3 is 0 Å². The van der Waals surface area contributed by atoms with Gasteiger partial charge in [-0.15, -0.1) is 0 Å². The van der Waals surface area contributed by atoms with Crippen LogP contribution in [0, 0.1) is 0 Å². The summed E-state index contributed by atoms with van der Waals surface area (Å²) in [5.74, 6) is 0.869. The normalized spacial score (nSPS) is 11.5. The largest absolute Gasteiger partial charge is 0.489 e. The van der Waals surface area contributed by atoms with E-state index in [0.717, 1.165) is 29.3 Å². The molecule has 3 heteroatoms. The number of ether oxygens (including phenoxy) is 1. The van der Waals surface area contributed by atoms with E-state index in [4.69, 9.17) is 16.3 Å². The van der Waals surface area contributed by atoms with Crippen molar-refractivity contribution in [3.63, 3.8) is 0 Å². The number of rotatable bonds is 7. The molecule has 0 aliphatic rings. The topological polar surface area (TPSA) is 21.3 Å². The molecule has 0 bridgehead atoms. The number of hydrogen-bond acceptors (Lipinski definition) is 2. The lowest BCUT2D eigenvalue weighted by molar-refractivity contribution is 0.305. The van der Waals surface area contributed by atoms with Gasteiger partial charge in [0.15, 0.2) is 0 Å². The maximum atomic E-state index is 6.15. The highest BCUT2D eigenvalue weighted by atomic mass is 35.5. The second-order valence-corrected chi connectivity index (χ2v) is 6.53. The van der Waals surface area contributed by atoms with Crippen LogP contribution in [0.1, 0.15) is 38.3 Å². The molecule has 0 unspecified atom stereocenters. The molecule has 2 nitrogen and oxygen atoms in total. The van der Waals surface area contributed by atoms with Crippen LogP contribution in [-0.4, -0.2) is 5.54 Å². The number of hydrogen-bond donors (Lipinski definition) is 1. The molecule has 0 aliphatic carbocycles. The zero-order chi connectivity index (χ0) is 16.0. The monoisotopic (exact) mass is 317 g/mol. The van der Waals surface area contributed by atoms with Gasteiger partial charge in [0.2, 0.25) is 0 Å². The van der Waals surface area contributed by atoms with Crippen LogP contribution in [0.3, 0.4) is 0 Å². The number of benzene rings is 2. The maximum Gasteiger partial charge on any atom is 0.120 e. The zero-order valence-corrected chi connectivity index (χ0v) is 14.3. The Labute approximate surface area is 138 Å². The highest BCUT2D eigenvalue weighted by Crippen LogP contribution is 2.20. The molecule has 0 heterocycles. The molecule has 2 aromatic carbocycles. The van der Waals surface area contributed by atoms with E-state index in [1.807, 2.05) is 36.4 Å². The van der Waals surface area contributed by atoms with Crippen molar-refractivity contribution in [1.29, 1.82) is 0 Å². The highest BCUT2D eigenvalue weighted by Gasteiger charge is 2.13. The molecule has 0 saturated carbocycles. The Morgan fingerprint density at radius 1 is 1.09 bits per heavy atom. The molecule has 2 aromatic rings. The van der Waals surface area contributed by atoms with Crippen LogP contribution in [0.5, 0.6) is 5.75 Å². The van der Waals surface area contributed by atoms with E-state index in [2.05, 4.69) is 38.2 Å². The first-order valence-electron chi connectivity index (χ1n) is 7.70. The van der Waals surface area contributed by atoms with Gasteiger partial charge in [-0.1, -0.05) is 48.9 Å². The van der Waals surface area contributed by atoms with E-state index >= 15 is 0 Å². The van der Waals surface area contributed by atoms with E-state index in [-0.39, 0.29) is 5.54 Å². The van der Waals surface area contributed by atoms with E-state index in [1.54, 1.807) is 0 Å². The second kappa shape index (κ2) is 7.66. The Morgan fingerprint density at radius 3 is 2.59 bits per heavy atom. The Bertz CT molecular complexity index is 610. The second-order valence-electron chi connectivity index (χ2n) is 6.12. The van der Waals surface area contributed by atoms with Gasteiger partial charge in [-0.2, -0.15) is 0 Å². The van der Waals surface area contributed by atoms with Crippen LogP contribution < -0.4 is 10.1 Å². The first kappa shape index (κ1) is 16.9. The molecule has 0 atom stereocenters. The van der Waals surface area contributed by atoms with Crippen molar-refractivity contribution in [2.45, 2.75) is 45.9 Å². The molecular weight excluding hydrogens is 294 g/mol. The molecule has 2 rings (SSSR count). The molecule has 0 fully saturated rings. The third kappa shape index (κ3) is 5.04. The molecule has 0 aromatic heterocycles. The highest BCUT2D eigenvalue weighted by molar-refractivity contribution is 6.31. The van der Waals surface area contributed by atoms with E-state index in [1.165, 1.54) is 5.56 Å². The summed E-state index contributed by atoms with van der Waals surface area (Å²) in [5, 5.41) is 4.30. The third-order valence-corrected chi connectivity index (χ3v) is 4.27. The lowest BCUT2D eigenvalue weighted by Gasteiger charge is -2.24. The summed E-state index contributed by atoms with van der Waals surface area (Å²) in [7, 11) is 0. The minimum Gasteiger partial charge on any atom is -0.489 e. The van der Waals surface area contributed by atoms with Crippen LogP contribution in [0.2, 0.25) is 5.02 Å². The van der Waals surface area contributed by atoms with E-state index in [0.29, 0.717) is 6.61 Å². The molecule has 1 N–H and O–H groups in total. The van der Waals surface area contributed by atoms with Crippen LogP contribution in [0.15, 0.2) is 48.5 Å². The summed E-state index contributed by atoms with van der Waals surface area (Å²) in [6.45, 7) is 7.94. The Morgan fingerprint density at radius 2 is 1.86 bits per heavy atom. The molecule has 22 heavy (non-hydrogen) atoms. The van der Waals surface area contributed by atoms with Gasteiger partial charge in [0.25, 0.3) is 0 Å². The van der Waals surface area contributed by atoms with Crippen molar-refractivity contribution in [2.75, 3.05) is 0 Å². The predicted octanol–water partition coefficient (Wildman–Crippen LogP) is 5.20. The third-order valence-electron chi connectivity index (χ3n) is 3.91. The molecule has 0 aliphatic heterocycles.